The molecular weight excluding hydrogens is 614 g/mol. The Bertz CT molecular complexity index is 1560. The third-order valence-electron chi connectivity index (χ3n) is 9.32. The lowest BCUT2D eigenvalue weighted by molar-refractivity contribution is -0.160. The molecule has 0 radical (unpaired) electrons. The molecule has 11 heteroatoms. The summed E-state index contributed by atoms with van der Waals surface area (Å²) in [5.74, 6) is -1.50. The van der Waals surface area contributed by atoms with Gasteiger partial charge in [0.2, 0.25) is 23.6 Å². The minimum Gasteiger partial charge on any atom is -0.391 e. The molecular formula is C32H36BrN5O5. The highest BCUT2D eigenvalue weighted by Gasteiger charge is 2.56. The van der Waals surface area contributed by atoms with Crippen LogP contribution < -0.4 is 10.6 Å². The summed E-state index contributed by atoms with van der Waals surface area (Å²) < 4.78 is 0.876. The maximum absolute atomic E-state index is 13.9. The van der Waals surface area contributed by atoms with Crippen LogP contribution in [0.3, 0.4) is 0 Å². The summed E-state index contributed by atoms with van der Waals surface area (Å²) in [6.07, 6.45) is 3.52. The van der Waals surface area contributed by atoms with Gasteiger partial charge in [-0.1, -0.05) is 52.3 Å². The second-order valence-electron chi connectivity index (χ2n) is 12.1. The monoisotopic (exact) mass is 649 g/mol. The SMILES string of the molecule is CN(Cc1ccccc1Br)C(=O)C(Cc1c[nH]c2ccccc12)NC(=O)C1CC(O)CN1C(=O)C12CCC(CC1)NC2=O. The number of nitrogens with zero attached hydrogens (tertiary/aromatic N) is 2. The number of H-pyrrole nitrogens is 1. The lowest BCUT2D eigenvalue weighted by Crippen LogP contribution is -2.64. The highest BCUT2D eigenvalue weighted by atomic mass is 79.9. The summed E-state index contributed by atoms with van der Waals surface area (Å²) in [4.78, 5) is 60.9. The van der Waals surface area contributed by atoms with E-state index in [0.29, 0.717) is 19.4 Å². The zero-order chi connectivity index (χ0) is 30.3. The number of hydrogen-bond donors (Lipinski definition) is 4. The molecule has 4 N–H and O–H groups in total. The van der Waals surface area contributed by atoms with E-state index in [-0.39, 0.29) is 37.2 Å². The number of amides is 4. The fraction of sp³-hybridized carbons (Fsp3) is 0.438. The van der Waals surface area contributed by atoms with Gasteiger partial charge in [0.15, 0.2) is 0 Å². The van der Waals surface area contributed by atoms with Crippen molar-refractivity contribution in [2.45, 2.75) is 69.3 Å². The van der Waals surface area contributed by atoms with Crippen molar-refractivity contribution in [3.63, 3.8) is 0 Å². The van der Waals surface area contributed by atoms with E-state index in [2.05, 4.69) is 31.5 Å². The fourth-order valence-electron chi connectivity index (χ4n) is 6.89. The van der Waals surface area contributed by atoms with Gasteiger partial charge in [-0.2, -0.15) is 0 Å². The number of aliphatic hydroxyl groups excluding tert-OH is 1. The molecule has 4 aliphatic rings. The van der Waals surface area contributed by atoms with Crippen LogP contribution in [0.15, 0.2) is 59.2 Å². The van der Waals surface area contributed by atoms with Crippen molar-refractivity contribution in [1.29, 1.82) is 0 Å². The number of likely N-dealkylation sites (N-methyl/N-ethyl adjacent to an activating group) is 1. The Morgan fingerprint density at radius 1 is 1.12 bits per heavy atom. The second kappa shape index (κ2) is 11.8. The molecule has 10 nitrogen and oxygen atoms in total. The quantitative estimate of drug-likeness (QED) is 0.278. The number of para-hydroxylation sites is 1. The summed E-state index contributed by atoms with van der Waals surface area (Å²) in [6, 6.07) is 13.6. The number of benzene rings is 2. The average Bonchev–Trinajstić information content (AvgIpc) is 3.61. The predicted molar refractivity (Wildman–Crippen MR) is 164 cm³/mol. The number of carbonyl (C=O) groups is 4. The summed E-state index contributed by atoms with van der Waals surface area (Å²) in [5, 5.41) is 17.4. The summed E-state index contributed by atoms with van der Waals surface area (Å²) in [6.45, 7) is 0.296. The first-order valence-corrected chi connectivity index (χ1v) is 15.6. The molecule has 0 spiro atoms. The number of aromatic nitrogens is 1. The minimum absolute atomic E-state index is 0.0294. The molecule has 2 aromatic carbocycles. The van der Waals surface area contributed by atoms with Crippen LogP contribution in [0.1, 0.15) is 43.2 Å². The molecule has 3 aliphatic heterocycles. The zero-order valence-electron chi connectivity index (χ0n) is 24.0. The number of rotatable bonds is 8. The van der Waals surface area contributed by atoms with E-state index in [0.717, 1.165) is 39.3 Å². The van der Waals surface area contributed by atoms with Crippen LogP contribution in [0.2, 0.25) is 0 Å². The number of halogens is 1. The van der Waals surface area contributed by atoms with Crippen LogP contribution in [0, 0.1) is 5.41 Å². The van der Waals surface area contributed by atoms with E-state index >= 15 is 0 Å². The van der Waals surface area contributed by atoms with Crippen LogP contribution in [0.5, 0.6) is 0 Å². The number of fused-ring (bicyclic) bond motifs is 4. The van der Waals surface area contributed by atoms with Gasteiger partial charge in [0.05, 0.1) is 6.10 Å². The zero-order valence-corrected chi connectivity index (χ0v) is 25.6. The van der Waals surface area contributed by atoms with Gasteiger partial charge in [0.1, 0.15) is 17.5 Å². The van der Waals surface area contributed by atoms with Crippen molar-refractivity contribution >= 4 is 50.5 Å². The van der Waals surface area contributed by atoms with Crippen molar-refractivity contribution in [3.8, 4) is 0 Å². The molecule has 226 valence electrons. The van der Waals surface area contributed by atoms with Crippen molar-refractivity contribution in [1.82, 2.24) is 25.4 Å². The molecule has 1 saturated carbocycles. The Hall–Kier alpha value is -3.70. The number of aromatic amines is 1. The van der Waals surface area contributed by atoms with Gasteiger partial charge < -0.3 is 30.5 Å². The van der Waals surface area contributed by atoms with Gasteiger partial charge in [0, 0.05) is 60.6 Å². The topological polar surface area (TPSA) is 135 Å². The highest BCUT2D eigenvalue weighted by Crippen LogP contribution is 2.43. The van der Waals surface area contributed by atoms with Crippen LogP contribution in [0.25, 0.3) is 10.9 Å². The molecule has 3 atom stereocenters. The van der Waals surface area contributed by atoms with Gasteiger partial charge in [-0.3, -0.25) is 19.2 Å². The van der Waals surface area contributed by atoms with E-state index < -0.39 is 35.4 Å². The van der Waals surface area contributed by atoms with Crippen molar-refractivity contribution in [3.05, 3.63) is 70.3 Å². The molecule has 3 saturated heterocycles. The molecule has 1 aliphatic carbocycles. The maximum Gasteiger partial charge on any atom is 0.245 e. The molecule has 4 fully saturated rings. The Morgan fingerprint density at radius 3 is 2.58 bits per heavy atom. The molecule has 3 aromatic rings. The number of likely N-dealkylation sites (tertiary alicyclic amines) is 1. The summed E-state index contributed by atoms with van der Waals surface area (Å²) in [7, 11) is 1.70. The number of hydrogen-bond acceptors (Lipinski definition) is 5. The molecule has 4 heterocycles. The summed E-state index contributed by atoms with van der Waals surface area (Å²) in [5.41, 5.74) is 1.51. The van der Waals surface area contributed by atoms with E-state index in [1.807, 2.05) is 54.7 Å². The molecule has 43 heavy (non-hydrogen) atoms. The highest BCUT2D eigenvalue weighted by molar-refractivity contribution is 9.10. The van der Waals surface area contributed by atoms with E-state index in [4.69, 9.17) is 0 Å². The first kappa shape index (κ1) is 29.4. The first-order valence-electron chi connectivity index (χ1n) is 14.8. The van der Waals surface area contributed by atoms with Gasteiger partial charge in [-0.15, -0.1) is 0 Å². The maximum atomic E-state index is 13.9. The largest absolute Gasteiger partial charge is 0.391 e. The van der Waals surface area contributed by atoms with Crippen molar-refractivity contribution < 1.29 is 24.3 Å². The number of carbonyl (C=O) groups excluding carboxylic acids is 4. The third kappa shape index (κ3) is 5.56. The van der Waals surface area contributed by atoms with Crippen LogP contribution in [-0.2, 0) is 32.1 Å². The standard InChI is InChI=1S/C32H36BrN5O5/c1-37(17-19-6-2-4-8-24(19)33)29(41)26(14-20-16-34-25-9-5-3-7-23(20)25)36-28(40)27-15-22(39)18-38(27)31(43)32-12-10-21(11-13-32)35-30(32)42/h2-9,16,21-22,26-27,34,39H,10-15,17-18H2,1H3,(H,35,42)(H,36,40). The Kier molecular flexibility index (Phi) is 8.04. The lowest BCUT2D eigenvalue weighted by Gasteiger charge is -2.46. The van der Waals surface area contributed by atoms with Gasteiger partial charge in [-0.05, 0) is 48.9 Å². The Labute approximate surface area is 258 Å². The normalized spacial score (nSPS) is 25.4. The van der Waals surface area contributed by atoms with Crippen LogP contribution in [0.4, 0.5) is 0 Å². The average molecular weight is 651 g/mol. The van der Waals surface area contributed by atoms with Gasteiger partial charge in [0.25, 0.3) is 0 Å². The number of β-amino-alcohol motifs (C(OH)–C–C–N with tert-alkyl or cyclic N) is 1. The first-order chi connectivity index (χ1) is 20.7. The van der Waals surface area contributed by atoms with Gasteiger partial charge in [-0.25, -0.2) is 0 Å². The van der Waals surface area contributed by atoms with E-state index in [9.17, 15) is 24.3 Å². The van der Waals surface area contributed by atoms with Crippen LogP contribution in [-0.4, -0.2) is 81.3 Å². The molecule has 1 aromatic heterocycles. The Morgan fingerprint density at radius 2 is 1.84 bits per heavy atom. The molecule has 4 amide bonds. The van der Waals surface area contributed by atoms with E-state index in [1.165, 1.54) is 4.90 Å². The number of nitrogens with one attached hydrogen (secondary N) is 3. The fourth-order valence-corrected chi connectivity index (χ4v) is 7.30. The van der Waals surface area contributed by atoms with E-state index in [1.54, 1.807) is 11.9 Å². The molecule has 3 unspecified atom stereocenters. The number of aliphatic hydroxyl groups is 1. The van der Waals surface area contributed by atoms with Crippen molar-refractivity contribution in [2.24, 2.45) is 5.41 Å². The third-order valence-corrected chi connectivity index (χ3v) is 10.1. The molecule has 2 bridgehead atoms. The molecule has 7 rings (SSSR count). The smallest absolute Gasteiger partial charge is 0.245 e. The second-order valence-corrected chi connectivity index (χ2v) is 13.0. The lowest BCUT2D eigenvalue weighted by atomic mass is 9.67. The summed E-state index contributed by atoms with van der Waals surface area (Å²) >= 11 is 3.55. The minimum atomic E-state index is -1.21. The Balaban J connectivity index is 1.25. The van der Waals surface area contributed by atoms with Gasteiger partial charge >= 0.3 is 0 Å². The number of piperidine rings is 2. The van der Waals surface area contributed by atoms with Crippen molar-refractivity contribution in [2.75, 3.05) is 13.6 Å². The predicted octanol–water partition coefficient (Wildman–Crippen LogP) is 2.64. The van der Waals surface area contributed by atoms with Crippen LogP contribution >= 0.6 is 15.9 Å².